The minimum Gasteiger partial charge on any atom is -0.339 e. The number of nitrogens with zero attached hydrogens (tertiary/aromatic N) is 1. The van der Waals surface area contributed by atoms with Crippen molar-refractivity contribution >= 4 is 30.1 Å². The number of amides is 1. The maximum absolute atomic E-state index is 11.6. The first-order chi connectivity index (χ1) is 6.13. The predicted octanol–water partition coefficient (Wildman–Crippen LogP) is 0.980. The molecule has 1 aliphatic heterocycles. The largest absolute Gasteiger partial charge is 0.339 e. The van der Waals surface area contributed by atoms with Gasteiger partial charge in [0.15, 0.2) is 0 Å². The van der Waals surface area contributed by atoms with E-state index in [1.54, 1.807) is 11.8 Å². The van der Waals surface area contributed by atoms with Crippen LogP contribution in [0.4, 0.5) is 0 Å². The summed E-state index contributed by atoms with van der Waals surface area (Å²) in [4.78, 5) is 13.5. The summed E-state index contributed by atoms with van der Waals surface area (Å²) in [6.45, 7) is 5.94. The Morgan fingerprint density at radius 1 is 1.43 bits per heavy atom. The summed E-state index contributed by atoms with van der Waals surface area (Å²) in [5.74, 6) is 0.882. The Bertz CT molecular complexity index is 182. The molecule has 0 aliphatic carbocycles. The summed E-state index contributed by atoms with van der Waals surface area (Å²) in [6.07, 6.45) is 1.97. The summed E-state index contributed by atoms with van der Waals surface area (Å²) >= 11 is 1.59. The standard InChI is InChI=1S/C9H18N2OS.ClH/c1-7-4-11(5-8(2)10-7)9(12)6-13-3;/h7-8,10H,4-6H2,1-3H3;1H. The molecule has 0 spiro atoms. The molecule has 0 aromatic heterocycles. The first-order valence-corrected chi connectivity index (χ1v) is 6.05. The van der Waals surface area contributed by atoms with Crippen LogP contribution in [-0.4, -0.2) is 48.0 Å². The molecule has 2 atom stereocenters. The fourth-order valence-corrected chi connectivity index (χ4v) is 2.17. The van der Waals surface area contributed by atoms with Crippen LogP contribution in [0.3, 0.4) is 0 Å². The van der Waals surface area contributed by atoms with Crippen molar-refractivity contribution in [1.29, 1.82) is 0 Å². The molecule has 0 aromatic rings. The number of hydrogen-bond donors (Lipinski definition) is 1. The van der Waals surface area contributed by atoms with Crippen molar-refractivity contribution in [3.8, 4) is 0 Å². The normalized spacial score (nSPS) is 26.9. The van der Waals surface area contributed by atoms with Crippen LogP contribution in [0, 0.1) is 0 Å². The third-order valence-electron chi connectivity index (χ3n) is 2.18. The number of carbonyl (C=O) groups is 1. The monoisotopic (exact) mass is 238 g/mol. The van der Waals surface area contributed by atoms with Crippen LogP contribution in [0.2, 0.25) is 0 Å². The van der Waals surface area contributed by atoms with Crippen molar-refractivity contribution in [3.63, 3.8) is 0 Å². The fourth-order valence-electron chi connectivity index (χ4n) is 1.75. The van der Waals surface area contributed by atoms with Gasteiger partial charge in [-0.2, -0.15) is 11.8 Å². The Morgan fingerprint density at radius 2 is 1.93 bits per heavy atom. The number of thioether (sulfide) groups is 1. The van der Waals surface area contributed by atoms with Gasteiger partial charge in [-0.25, -0.2) is 0 Å². The van der Waals surface area contributed by atoms with Crippen molar-refractivity contribution in [1.82, 2.24) is 10.2 Å². The molecule has 5 heteroatoms. The predicted molar refractivity (Wildman–Crippen MR) is 64.3 cm³/mol. The van der Waals surface area contributed by atoms with E-state index in [1.807, 2.05) is 11.2 Å². The van der Waals surface area contributed by atoms with Crippen LogP contribution in [0.5, 0.6) is 0 Å². The molecule has 1 fully saturated rings. The van der Waals surface area contributed by atoms with E-state index >= 15 is 0 Å². The highest BCUT2D eigenvalue weighted by Crippen LogP contribution is 2.06. The van der Waals surface area contributed by atoms with Gasteiger partial charge in [0, 0.05) is 25.2 Å². The van der Waals surface area contributed by atoms with Gasteiger partial charge in [0.2, 0.25) is 5.91 Å². The van der Waals surface area contributed by atoms with Crippen LogP contribution in [0.25, 0.3) is 0 Å². The lowest BCUT2D eigenvalue weighted by atomic mass is 10.1. The molecule has 3 nitrogen and oxygen atoms in total. The Kier molecular flexibility index (Phi) is 6.57. The van der Waals surface area contributed by atoms with Gasteiger partial charge in [0.05, 0.1) is 5.75 Å². The summed E-state index contributed by atoms with van der Waals surface area (Å²) < 4.78 is 0. The minimum atomic E-state index is 0. The Balaban J connectivity index is 0.00000169. The zero-order valence-electron chi connectivity index (χ0n) is 8.95. The minimum absolute atomic E-state index is 0. The molecule has 14 heavy (non-hydrogen) atoms. The Hall–Kier alpha value is 0.0700. The molecule has 1 amide bonds. The summed E-state index contributed by atoms with van der Waals surface area (Å²) in [5.41, 5.74) is 0. The van der Waals surface area contributed by atoms with E-state index in [9.17, 15) is 4.79 Å². The number of rotatable bonds is 2. The quantitative estimate of drug-likeness (QED) is 0.779. The maximum atomic E-state index is 11.6. The van der Waals surface area contributed by atoms with Crippen molar-refractivity contribution < 1.29 is 4.79 Å². The average molecular weight is 239 g/mol. The second-order valence-corrected chi connectivity index (χ2v) is 4.57. The zero-order chi connectivity index (χ0) is 9.84. The molecule has 0 aromatic carbocycles. The highest BCUT2D eigenvalue weighted by Gasteiger charge is 2.23. The van der Waals surface area contributed by atoms with E-state index in [4.69, 9.17) is 0 Å². The third kappa shape index (κ3) is 4.07. The summed E-state index contributed by atoms with van der Waals surface area (Å²) in [6, 6.07) is 0.851. The molecule has 84 valence electrons. The van der Waals surface area contributed by atoms with Gasteiger partial charge in [-0.15, -0.1) is 12.4 Å². The molecule has 1 aliphatic rings. The molecular formula is C9H19ClN2OS. The summed E-state index contributed by atoms with van der Waals surface area (Å²) in [7, 11) is 0. The Labute approximate surface area is 96.4 Å². The van der Waals surface area contributed by atoms with Crippen LogP contribution in [0.1, 0.15) is 13.8 Å². The molecule has 1 N–H and O–H groups in total. The van der Waals surface area contributed by atoms with Gasteiger partial charge in [-0.05, 0) is 20.1 Å². The molecule has 1 saturated heterocycles. The van der Waals surface area contributed by atoms with Crippen LogP contribution in [0.15, 0.2) is 0 Å². The fraction of sp³-hybridized carbons (Fsp3) is 0.889. The number of halogens is 1. The SMILES string of the molecule is CSCC(=O)N1CC(C)NC(C)C1.Cl. The van der Waals surface area contributed by atoms with E-state index < -0.39 is 0 Å². The first kappa shape index (κ1) is 14.1. The van der Waals surface area contributed by atoms with E-state index in [-0.39, 0.29) is 18.3 Å². The van der Waals surface area contributed by atoms with Crippen molar-refractivity contribution in [2.75, 3.05) is 25.1 Å². The topological polar surface area (TPSA) is 32.3 Å². The lowest BCUT2D eigenvalue weighted by Gasteiger charge is -2.36. The van der Waals surface area contributed by atoms with Gasteiger partial charge >= 0.3 is 0 Å². The maximum Gasteiger partial charge on any atom is 0.232 e. The second-order valence-electron chi connectivity index (χ2n) is 3.70. The summed E-state index contributed by atoms with van der Waals surface area (Å²) in [5, 5.41) is 3.41. The molecule has 0 saturated carbocycles. The van der Waals surface area contributed by atoms with Crippen LogP contribution < -0.4 is 5.32 Å². The van der Waals surface area contributed by atoms with Crippen LogP contribution in [-0.2, 0) is 4.79 Å². The highest BCUT2D eigenvalue weighted by atomic mass is 35.5. The highest BCUT2D eigenvalue weighted by molar-refractivity contribution is 7.99. The third-order valence-corrected chi connectivity index (χ3v) is 2.71. The zero-order valence-corrected chi connectivity index (χ0v) is 10.6. The molecular weight excluding hydrogens is 220 g/mol. The molecule has 0 radical (unpaired) electrons. The first-order valence-electron chi connectivity index (χ1n) is 4.66. The number of hydrogen-bond acceptors (Lipinski definition) is 3. The number of nitrogens with one attached hydrogen (secondary N) is 1. The van der Waals surface area contributed by atoms with Gasteiger partial charge < -0.3 is 10.2 Å². The van der Waals surface area contributed by atoms with Crippen molar-refractivity contribution in [2.24, 2.45) is 0 Å². The van der Waals surface area contributed by atoms with E-state index in [1.165, 1.54) is 0 Å². The Morgan fingerprint density at radius 3 is 2.36 bits per heavy atom. The lowest BCUT2D eigenvalue weighted by Crippen LogP contribution is -2.56. The van der Waals surface area contributed by atoms with Crippen LogP contribution >= 0.6 is 24.2 Å². The van der Waals surface area contributed by atoms with E-state index in [2.05, 4.69) is 19.2 Å². The van der Waals surface area contributed by atoms with E-state index in [0.29, 0.717) is 17.8 Å². The van der Waals surface area contributed by atoms with Crippen molar-refractivity contribution in [3.05, 3.63) is 0 Å². The number of piperazine rings is 1. The average Bonchev–Trinajstić information content (AvgIpc) is 2.03. The lowest BCUT2D eigenvalue weighted by molar-refractivity contribution is -0.130. The van der Waals surface area contributed by atoms with Gasteiger partial charge in [0.1, 0.15) is 0 Å². The van der Waals surface area contributed by atoms with E-state index in [0.717, 1.165) is 13.1 Å². The second kappa shape index (κ2) is 6.53. The van der Waals surface area contributed by atoms with Gasteiger partial charge in [-0.3, -0.25) is 4.79 Å². The van der Waals surface area contributed by atoms with Gasteiger partial charge in [0.25, 0.3) is 0 Å². The molecule has 0 bridgehead atoms. The van der Waals surface area contributed by atoms with Crippen molar-refractivity contribution in [2.45, 2.75) is 25.9 Å². The number of carbonyl (C=O) groups excluding carboxylic acids is 1. The van der Waals surface area contributed by atoms with Gasteiger partial charge in [-0.1, -0.05) is 0 Å². The smallest absolute Gasteiger partial charge is 0.232 e. The molecule has 2 unspecified atom stereocenters. The molecule has 1 rings (SSSR count). The molecule has 1 heterocycles.